The molecule has 0 bridgehead atoms. The third-order valence-electron chi connectivity index (χ3n) is 1.84. The Morgan fingerprint density at radius 2 is 2.00 bits per heavy atom. The van der Waals surface area contributed by atoms with Gasteiger partial charge in [-0.15, -0.1) is 0 Å². The highest BCUT2D eigenvalue weighted by atomic mass is 16.5. The monoisotopic (exact) mass is 148 g/mol. The largest absolute Gasteiger partial charge is 0.396 e. The van der Waals surface area contributed by atoms with Gasteiger partial charge in [0.25, 0.3) is 0 Å². The molecule has 0 aliphatic carbocycles. The van der Waals surface area contributed by atoms with E-state index in [1.807, 2.05) is 0 Å². The Balaban J connectivity index is 2.45. The maximum absolute atomic E-state index is 9.09. The molecular formula is C6H12O4. The summed E-state index contributed by atoms with van der Waals surface area (Å²) in [6.45, 7) is -0.0505. The van der Waals surface area contributed by atoms with Gasteiger partial charge in [-0.05, 0) is 0 Å². The molecule has 4 nitrogen and oxygen atoms in total. The zero-order valence-electron chi connectivity index (χ0n) is 5.60. The Labute approximate surface area is 59.1 Å². The van der Waals surface area contributed by atoms with Gasteiger partial charge in [0, 0.05) is 5.92 Å². The Morgan fingerprint density at radius 1 is 1.30 bits per heavy atom. The molecule has 0 aromatic heterocycles. The topological polar surface area (TPSA) is 69.9 Å². The molecule has 1 aliphatic heterocycles. The highest BCUT2D eigenvalue weighted by molar-refractivity contribution is 4.82. The van der Waals surface area contributed by atoms with E-state index in [4.69, 9.17) is 20.1 Å². The fraction of sp³-hybridized carbons (Fsp3) is 1.00. The van der Waals surface area contributed by atoms with Crippen LogP contribution in [0.1, 0.15) is 0 Å². The predicted molar refractivity (Wildman–Crippen MR) is 33.4 cm³/mol. The minimum Gasteiger partial charge on any atom is -0.396 e. The van der Waals surface area contributed by atoms with E-state index >= 15 is 0 Å². The summed E-state index contributed by atoms with van der Waals surface area (Å²) in [5.74, 6) is -0.315. The maximum Gasteiger partial charge on any atom is 0.0882 e. The third kappa shape index (κ3) is 1.29. The lowest BCUT2D eigenvalue weighted by Crippen LogP contribution is -2.29. The van der Waals surface area contributed by atoms with Crippen LogP contribution >= 0.6 is 0 Å². The van der Waals surface area contributed by atoms with Crippen molar-refractivity contribution in [2.45, 2.75) is 12.2 Å². The molecule has 0 spiro atoms. The number of aliphatic hydroxyl groups excluding tert-OH is 3. The molecule has 1 fully saturated rings. The number of rotatable bonds is 2. The number of ether oxygens (including phenoxy) is 1. The molecule has 1 saturated heterocycles. The molecule has 3 atom stereocenters. The van der Waals surface area contributed by atoms with Crippen LogP contribution in [0.5, 0.6) is 0 Å². The van der Waals surface area contributed by atoms with Crippen molar-refractivity contribution in [3.63, 3.8) is 0 Å². The highest BCUT2D eigenvalue weighted by Crippen LogP contribution is 2.20. The van der Waals surface area contributed by atoms with Crippen molar-refractivity contribution in [2.75, 3.05) is 19.8 Å². The van der Waals surface area contributed by atoms with Crippen molar-refractivity contribution in [3.05, 3.63) is 0 Å². The number of hydrogen-bond acceptors (Lipinski definition) is 4. The van der Waals surface area contributed by atoms with Crippen LogP contribution in [0.25, 0.3) is 0 Å². The number of aliphatic hydroxyl groups is 3. The van der Waals surface area contributed by atoms with Crippen molar-refractivity contribution in [1.82, 2.24) is 0 Å². The summed E-state index contributed by atoms with van der Waals surface area (Å²) in [6, 6.07) is 0. The van der Waals surface area contributed by atoms with Crippen molar-refractivity contribution >= 4 is 0 Å². The predicted octanol–water partition coefficient (Wildman–Crippen LogP) is -1.65. The maximum atomic E-state index is 9.09. The van der Waals surface area contributed by atoms with Crippen molar-refractivity contribution in [3.8, 4) is 0 Å². The van der Waals surface area contributed by atoms with E-state index in [1.165, 1.54) is 0 Å². The summed E-state index contributed by atoms with van der Waals surface area (Å²) in [5.41, 5.74) is 0. The second kappa shape index (κ2) is 3.30. The van der Waals surface area contributed by atoms with Crippen molar-refractivity contribution in [1.29, 1.82) is 0 Å². The third-order valence-corrected chi connectivity index (χ3v) is 1.84. The molecule has 0 saturated carbocycles. The highest BCUT2D eigenvalue weighted by Gasteiger charge is 2.34. The number of hydrogen-bond donors (Lipinski definition) is 3. The lowest BCUT2D eigenvalue weighted by atomic mass is 10.0. The van der Waals surface area contributed by atoms with E-state index in [0.717, 1.165) is 0 Å². The van der Waals surface area contributed by atoms with Crippen LogP contribution in [0.2, 0.25) is 0 Å². The van der Waals surface area contributed by atoms with Crippen LogP contribution in [0.4, 0.5) is 0 Å². The van der Waals surface area contributed by atoms with Gasteiger partial charge in [-0.25, -0.2) is 0 Å². The van der Waals surface area contributed by atoms with Crippen molar-refractivity contribution < 1.29 is 20.1 Å². The minimum absolute atomic E-state index is 0.133. The summed E-state index contributed by atoms with van der Waals surface area (Å²) in [7, 11) is 0. The fourth-order valence-corrected chi connectivity index (χ4v) is 1.14. The van der Waals surface area contributed by atoms with Gasteiger partial charge in [-0.2, -0.15) is 0 Å². The molecule has 10 heavy (non-hydrogen) atoms. The second-order valence-corrected chi connectivity index (χ2v) is 2.47. The lowest BCUT2D eigenvalue weighted by Gasteiger charge is -2.14. The van der Waals surface area contributed by atoms with Gasteiger partial charge in [-0.1, -0.05) is 0 Å². The van der Waals surface area contributed by atoms with Crippen LogP contribution < -0.4 is 0 Å². The molecule has 1 aliphatic rings. The summed E-state index contributed by atoms with van der Waals surface area (Å²) in [6.07, 6.45) is -1.01. The molecule has 0 amide bonds. The average molecular weight is 148 g/mol. The van der Waals surface area contributed by atoms with Gasteiger partial charge in [0.15, 0.2) is 0 Å². The van der Waals surface area contributed by atoms with Crippen LogP contribution in [0, 0.1) is 5.92 Å². The van der Waals surface area contributed by atoms with Gasteiger partial charge in [0.1, 0.15) is 0 Å². The first kappa shape index (κ1) is 7.94. The lowest BCUT2D eigenvalue weighted by molar-refractivity contribution is 0.0260. The van der Waals surface area contributed by atoms with E-state index in [2.05, 4.69) is 0 Å². The quantitative estimate of drug-likeness (QED) is 0.438. The van der Waals surface area contributed by atoms with Crippen LogP contribution in [-0.4, -0.2) is 47.3 Å². The Morgan fingerprint density at radius 3 is 2.40 bits per heavy atom. The van der Waals surface area contributed by atoms with Gasteiger partial charge < -0.3 is 20.1 Å². The first-order valence-electron chi connectivity index (χ1n) is 3.31. The Kier molecular flexibility index (Phi) is 2.62. The van der Waals surface area contributed by atoms with Gasteiger partial charge in [0.2, 0.25) is 0 Å². The van der Waals surface area contributed by atoms with Crippen LogP contribution in [0.3, 0.4) is 0 Å². The molecule has 1 rings (SSSR count). The van der Waals surface area contributed by atoms with Gasteiger partial charge in [-0.3, -0.25) is 0 Å². The molecule has 1 unspecified atom stereocenters. The summed E-state index contributed by atoms with van der Waals surface area (Å²) in [5, 5.41) is 26.4. The summed E-state index contributed by atoms with van der Waals surface area (Å²) < 4.78 is 4.96. The zero-order chi connectivity index (χ0) is 7.56. The normalized spacial score (nSPS) is 40.5. The SMILES string of the molecule is OCC1OC[C@H](O)[C@@H]1CO. The van der Waals surface area contributed by atoms with E-state index in [-0.39, 0.29) is 31.8 Å². The van der Waals surface area contributed by atoms with Crippen molar-refractivity contribution in [2.24, 2.45) is 5.92 Å². The minimum atomic E-state index is -0.623. The zero-order valence-corrected chi connectivity index (χ0v) is 5.60. The molecule has 1 heterocycles. The molecule has 0 aromatic carbocycles. The van der Waals surface area contributed by atoms with Crippen LogP contribution in [-0.2, 0) is 4.74 Å². The smallest absolute Gasteiger partial charge is 0.0882 e. The molecule has 4 heteroatoms. The summed E-state index contributed by atoms with van der Waals surface area (Å²) in [4.78, 5) is 0. The Hall–Kier alpha value is -0.160. The standard InChI is InChI=1S/C6H12O4/c7-1-4-5(9)3-10-6(4)2-8/h4-9H,1-3H2/t4-,5-,6?/m0/s1. The molecule has 60 valence electrons. The van der Waals surface area contributed by atoms with E-state index in [1.54, 1.807) is 0 Å². The first-order chi connectivity index (χ1) is 4.79. The van der Waals surface area contributed by atoms with E-state index < -0.39 is 6.10 Å². The molecule has 3 N–H and O–H groups in total. The fourth-order valence-electron chi connectivity index (χ4n) is 1.14. The summed E-state index contributed by atoms with van der Waals surface area (Å²) >= 11 is 0. The Bertz CT molecular complexity index is 106. The first-order valence-corrected chi connectivity index (χ1v) is 3.31. The van der Waals surface area contributed by atoms with E-state index in [9.17, 15) is 0 Å². The van der Waals surface area contributed by atoms with Gasteiger partial charge in [0.05, 0.1) is 32.0 Å². The van der Waals surface area contributed by atoms with E-state index in [0.29, 0.717) is 0 Å². The second-order valence-electron chi connectivity index (χ2n) is 2.47. The van der Waals surface area contributed by atoms with Crippen LogP contribution in [0.15, 0.2) is 0 Å². The van der Waals surface area contributed by atoms with Gasteiger partial charge >= 0.3 is 0 Å². The molecule has 0 aromatic rings. The average Bonchev–Trinajstić information content (AvgIpc) is 2.30. The molecular weight excluding hydrogens is 136 g/mol. The molecule has 0 radical (unpaired) electrons.